The van der Waals surface area contributed by atoms with E-state index in [4.69, 9.17) is 0 Å². The van der Waals surface area contributed by atoms with Crippen molar-refractivity contribution in [2.45, 2.75) is 26.4 Å². The average Bonchev–Trinajstić information content (AvgIpc) is 2.15. The van der Waals surface area contributed by atoms with Gasteiger partial charge in [0.25, 0.3) is 0 Å². The largest absolute Gasteiger partial charge is 0.380 e. The molecule has 1 N–H and O–H groups in total. The van der Waals surface area contributed by atoms with Crippen LogP contribution in [-0.4, -0.2) is 11.2 Å². The maximum atomic E-state index is 9.51. The van der Waals surface area contributed by atoms with Crippen LogP contribution in [0.2, 0.25) is 0 Å². The molecule has 1 rings (SSSR count). The molecule has 0 aliphatic heterocycles. The highest BCUT2D eigenvalue weighted by Crippen LogP contribution is 2.03. The lowest BCUT2D eigenvalue weighted by Gasteiger charge is -2.05. The topological polar surface area (TPSA) is 20.2 Å². The fourth-order valence-electron chi connectivity index (χ4n) is 1.19. The molecule has 0 aromatic heterocycles. The molecular formula is C13H16O. The molecule has 74 valence electrons. The average molecular weight is 188 g/mol. The Hall–Kier alpha value is -1.26. The summed E-state index contributed by atoms with van der Waals surface area (Å²) in [5, 5.41) is 9.51. The molecule has 1 aromatic carbocycles. The Morgan fingerprint density at radius 2 is 1.86 bits per heavy atom. The van der Waals surface area contributed by atoms with E-state index in [1.54, 1.807) is 0 Å². The Bertz CT molecular complexity index is 316. The molecule has 0 spiro atoms. The van der Waals surface area contributed by atoms with Gasteiger partial charge in [0, 0.05) is 5.56 Å². The van der Waals surface area contributed by atoms with Crippen LogP contribution >= 0.6 is 0 Å². The minimum Gasteiger partial charge on any atom is -0.380 e. The summed E-state index contributed by atoms with van der Waals surface area (Å²) >= 11 is 0. The molecule has 0 aliphatic carbocycles. The van der Waals surface area contributed by atoms with E-state index in [0.29, 0.717) is 5.92 Å². The zero-order valence-electron chi connectivity index (χ0n) is 8.70. The second-order valence-corrected chi connectivity index (χ2v) is 3.78. The van der Waals surface area contributed by atoms with Crippen molar-refractivity contribution in [2.75, 3.05) is 0 Å². The third-order valence-electron chi connectivity index (χ3n) is 1.85. The van der Waals surface area contributed by atoms with Crippen molar-refractivity contribution in [1.82, 2.24) is 0 Å². The first-order chi connectivity index (χ1) is 6.68. The van der Waals surface area contributed by atoms with Crippen molar-refractivity contribution < 1.29 is 5.11 Å². The van der Waals surface area contributed by atoms with Crippen molar-refractivity contribution in [1.29, 1.82) is 0 Å². The summed E-state index contributed by atoms with van der Waals surface area (Å²) in [5.41, 5.74) is 0.954. The summed E-state index contributed by atoms with van der Waals surface area (Å²) in [7, 11) is 0. The van der Waals surface area contributed by atoms with Crippen LogP contribution in [0.5, 0.6) is 0 Å². The maximum Gasteiger partial charge on any atom is 0.115 e. The summed E-state index contributed by atoms with van der Waals surface area (Å²) in [6, 6.07) is 9.72. The molecule has 0 saturated heterocycles. The summed E-state index contributed by atoms with van der Waals surface area (Å²) in [6.07, 6.45) is 0.232. The molecule has 14 heavy (non-hydrogen) atoms. The number of benzene rings is 1. The first kappa shape index (κ1) is 10.8. The van der Waals surface area contributed by atoms with Crippen LogP contribution in [0, 0.1) is 17.8 Å². The van der Waals surface area contributed by atoms with Crippen LogP contribution in [0.15, 0.2) is 30.3 Å². The smallest absolute Gasteiger partial charge is 0.115 e. The van der Waals surface area contributed by atoms with Crippen molar-refractivity contribution >= 4 is 0 Å². The molecule has 0 fully saturated rings. The maximum absolute atomic E-state index is 9.51. The molecule has 0 amide bonds. The first-order valence-corrected chi connectivity index (χ1v) is 4.93. The molecular weight excluding hydrogens is 172 g/mol. The lowest BCUT2D eigenvalue weighted by molar-refractivity contribution is 0.204. The van der Waals surface area contributed by atoms with E-state index >= 15 is 0 Å². The lowest BCUT2D eigenvalue weighted by atomic mass is 10.1. The van der Waals surface area contributed by atoms with E-state index in [-0.39, 0.29) is 0 Å². The summed E-state index contributed by atoms with van der Waals surface area (Å²) in [5.74, 6) is 6.27. The Morgan fingerprint density at radius 3 is 2.43 bits per heavy atom. The van der Waals surface area contributed by atoms with Crippen LogP contribution in [0.25, 0.3) is 0 Å². The Kier molecular flexibility index (Phi) is 4.22. The van der Waals surface area contributed by atoms with Gasteiger partial charge in [-0.3, -0.25) is 0 Å². The van der Waals surface area contributed by atoms with E-state index in [9.17, 15) is 5.11 Å². The SMILES string of the molecule is CC(C)C[C@@H](O)C#Cc1ccccc1. The lowest BCUT2D eigenvalue weighted by Crippen LogP contribution is -2.06. The number of hydrogen-bond donors (Lipinski definition) is 1. The minimum absolute atomic E-state index is 0.482. The monoisotopic (exact) mass is 188 g/mol. The number of rotatable bonds is 2. The third-order valence-corrected chi connectivity index (χ3v) is 1.85. The summed E-state index contributed by atoms with van der Waals surface area (Å²) < 4.78 is 0. The van der Waals surface area contributed by atoms with Gasteiger partial charge < -0.3 is 5.11 Å². The number of aliphatic hydroxyl groups excluding tert-OH is 1. The molecule has 1 nitrogen and oxygen atoms in total. The van der Waals surface area contributed by atoms with Gasteiger partial charge in [-0.15, -0.1) is 0 Å². The van der Waals surface area contributed by atoms with Crippen LogP contribution in [0.3, 0.4) is 0 Å². The van der Waals surface area contributed by atoms with Gasteiger partial charge in [0.05, 0.1) is 0 Å². The van der Waals surface area contributed by atoms with E-state index in [2.05, 4.69) is 25.7 Å². The standard InChI is InChI=1S/C13H16O/c1-11(2)10-13(14)9-8-12-6-4-3-5-7-12/h3-7,11,13-14H,10H2,1-2H3/t13-/m0/s1. The molecule has 0 radical (unpaired) electrons. The third kappa shape index (κ3) is 4.11. The van der Waals surface area contributed by atoms with Gasteiger partial charge in [-0.25, -0.2) is 0 Å². The highest BCUT2D eigenvalue weighted by atomic mass is 16.3. The van der Waals surface area contributed by atoms with Crippen LogP contribution in [0.1, 0.15) is 25.8 Å². The van der Waals surface area contributed by atoms with Gasteiger partial charge in [-0.2, -0.15) is 0 Å². The quantitative estimate of drug-likeness (QED) is 0.707. The van der Waals surface area contributed by atoms with Crippen molar-refractivity contribution in [3.05, 3.63) is 35.9 Å². The highest BCUT2D eigenvalue weighted by Gasteiger charge is 2.01. The van der Waals surface area contributed by atoms with E-state index in [1.807, 2.05) is 30.3 Å². The van der Waals surface area contributed by atoms with Crippen molar-refractivity contribution in [3.63, 3.8) is 0 Å². The van der Waals surface area contributed by atoms with Crippen molar-refractivity contribution in [3.8, 4) is 11.8 Å². The van der Waals surface area contributed by atoms with E-state index in [1.165, 1.54) is 0 Å². The summed E-state index contributed by atoms with van der Waals surface area (Å²) in [4.78, 5) is 0. The second kappa shape index (κ2) is 5.47. The normalized spacial score (nSPS) is 12.0. The number of hydrogen-bond acceptors (Lipinski definition) is 1. The van der Waals surface area contributed by atoms with Gasteiger partial charge in [-0.1, -0.05) is 43.9 Å². The fourth-order valence-corrected chi connectivity index (χ4v) is 1.19. The zero-order valence-corrected chi connectivity index (χ0v) is 8.70. The predicted molar refractivity (Wildman–Crippen MR) is 58.8 cm³/mol. The van der Waals surface area contributed by atoms with Gasteiger partial charge in [-0.05, 0) is 24.5 Å². The van der Waals surface area contributed by atoms with Gasteiger partial charge in [0.15, 0.2) is 0 Å². The molecule has 0 heterocycles. The second-order valence-electron chi connectivity index (χ2n) is 3.78. The first-order valence-electron chi connectivity index (χ1n) is 4.93. The van der Waals surface area contributed by atoms with Crippen molar-refractivity contribution in [2.24, 2.45) is 5.92 Å². The molecule has 0 saturated carbocycles. The molecule has 0 bridgehead atoms. The Labute approximate surface area is 85.8 Å². The minimum atomic E-state index is -0.504. The van der Waals surface area contributed by atoms with Crippen LogP contribution < -0.4 is 0 Å². The Morgan fingerprint density at radius 1 is 1.21 bits per heavy atom. The van der Waals surface area contributed by atoms with Crippen LogP contribution in [0.4, 0.5) is 0 Å². The van der Waals surface area contributed by atoms with Gasteiger partial charge in [0.1, 0.15) is 6.10 Å². The molecule has 1 heteroatoms. The predicted octanol–water partition coefficient (Wildman–Crippen LogP) is 2.45. The fraction of sp³-hybridized carbons (Fsp3) is 0.385. The number of aliphatic hydroxyl groups is 1. The molecule has 1 aromatic rings. The van der Waals surface area contributed by atoms with Gasteiger partial charge in [0.2, 0.25) is 0 Å². The van der Waals surface area contributed by atoms with E-state index < -0.39 is 6.10 Å². The van der Waals surface area contributed by atoms with E-state index in [0.717, 1.165) is 12.0 Å². The molecule has 0 unspecified atom stereocenters. The summed E-state index contributed by atoms with van der Waals surface area (Å²) in [6.45, 7) is 4.15. The molecule has 0 aliphatic rings. The molecule has 1 atom stereocenters. The van der Waals surface area contributed by atoms with Crippen LogP contribution in [-0.2, 0) is 0 Å². The zero-order chi connectivity index (χ0) is 10.4. The highest BCUT2D eigenvalue weighted by molar-refractivity contribution is 5.34. The van der Waals surface area contributed by atoms with Gasteiger partial charge >= 0.3 is 0 Å². The Balaban J connectivity index is 2.55.